The monoisotopic (exact) mass is 212 g/mol. The van der Waals surface area contributed by atoms with Crippen LogP contribution in [0.2, 0.25) is 0 Å². The van der Waals surface area contributed by atoms with Gasteiger partial charge in [0.2, 0.25) is 0 Å². The van der Waals surface area contributed by atoms with Crippen molar-refractivity contribution in [3.63, 3.8) is 0 Å². The zero-order chi connectivity index (χ0) is 11.3. The summed E-state index contributed by atoms with van der Waals surface area (Å²) in [5.74, 6) is 1.74. The topological polar surface area (TPSA) is 15.3 Å². The first kappa shape index (κ1) is 13.0. The molecule has 0 bridgehead atoms. The van der Waals surface area contributed by atoms with Crippen LogP contribution in [0.1, 0.15) is 40.0 Å². The molecule has 2 unspecified atom stereocenters. The van der Waals surface area contributed by atoms with Crippen molar-refractivity contribution in [3.8, 4) is 0 Å². The standard InChI is InChI=1S/C13H28N2/c1-5-12-6-7-14-13(8-12)10-15(4)9-11(2)3/h11-14H,5-10H2,1-4H3. The molecule has 1 rings (SSSR count). The van der Waals surface area contributed by atoms with Crippen molar-refractivity contribution < 1.29 is 0 Å². The van der Waals surface area contributed by atoms with Gasteiger partial charge in [-0.1, -0.05) is 27.2 Å². The smallest absolute Gasteiger partial charge is 0.0197 e. The van der Waals surface area contributed by atoms with E-state index in [9.17, 15) is 0 Å². The van der Waals surface area contributed by atoms with Gasteiger partial charge in [0.1, 0.15) is 0 Å². The molecule has 2 atom stereocenters. The number of piperidine rings is 1. The second kappa shape index (κ2) is 6.49. The Morgan fingerprint density at radius 2 is 2.13 bits per heavy atom. The fraction of sp³-hybridized carbons (Fsp3) is 1.00. The normalized spacial score (nSPS) is 27.6. The van der Waals surface area contributed by atoms with Crippen molar-refractivity contribution in [2.24, 2.45) is 11.8 Å². The summed E-state index contributed by atoms with van der Waals surface area (Å²) in [7, 11) is 2.25. The van der Waals surface area contributed by atoms with Crippen molar-refractivity contribution in [2.45, 2.75) is 46.1 Å². The van der Waals surface area contributed by atoms with E-state index in [0.717, 1.165) is 17.9 Å². The largest absolute Gasteiger partial charge is 0.313 e. The number of hydrogen-bond donors (Lipinski definition) is 1. The van der Waals surface area contributed by atoms with Crippen molar-refractivity contribution in [1.29, 1.82) is 0 Å². The SMILES string of the molecule is CCC1CCNC(CN(C)CC(C)C)C1. The molecule has 2 nitrogen and oxygen atoms in total. The molecule has 0 aromatic heterocycles. The quantitative estimate of drug-likeness (QED) is 0.752. The molecule has 1 aliphatic heterocycles. The number of nitrogens with one attached hydrogen (secondary N) is 1. The van der Waals surface area contributed by atoms with Gasteiger partial charge in [-0.05, 0) is 38.3 Å². The van der Waals surface area contributed by atoms with Gasteiger partial charge in [-0.2, -0.15) is 0 Å². The Balaban J connectivity index is 2.25. The Labute approximate surface area is 95.4 Å². The number of rotatable bonds is 5. The number of likely N-dealkylation sites (N-methyl/N-ethyl adjacent to an activating group) is 1. The number of nitrogens with zero attached hydrogens (tertiary/aromatic N) is 1. The highest BCUT2D eigenvalue weighted by Gasteiger charge is 2.21. The molecule has 0 aliphatic carbocycles. The third-order valence-electron chi connectivity index (χ3n) is 3.39. The van der Waals surface area contributed by atoms with Crippen LogP contribution in [0.5, 0.6) is 0 Å². The predicted octanol–water partition coefficient (Wildman–Crippen LogP) is 2.35. The van der Waals surface area contributed by atoms with Crippen LogP contribution < -0.4 is 5.32 Å². The molecule has 1 N–H and O–H groups in total. The fourth-order valence-corrected chi connectivity index (χ4v) is 2.68. The maximum absolute atomic E-state index is 3.65. The number of hydrogen-bond acceptors (Lipinski definition) is 2. The lowest BCUT2D eigenvalue weighted by Gasteiger charge is -2.33. The highest BCUT2D eigenvalue weighted by atomic mass is 15.1. The summed E-state index contributed by atoms with van der Waals surface area (Å²) < 4.78 is 0. The van der Waals surface area contributed by atoms with E-state index in [4.69, 9.17) is 0 Å². The van der Waals surface area contributed by atoms with E-state index < -0.39 is 0 Å². The van der Waals surface area contributed by atoms with Gasteiger partial charge in [0.15, 0.2) is 0 Å². The van der Waals surface area contributed by atoms with E-state index in [1.54, 1.807) is 0 Å². The average Bonchev–Trinajstić information content (AvgIpc) is 2.16. The van der Waals surface area contributed by atoms with E-state index >= 15 is 0 Å². The summed E-state index contributed by atoms with van der Waals surface area (Å²) in [6.45, 7) is 10.6. The molecule has 0 aromatic carbocycles. The molecule has 0 saturated carbocycles. The molecule has 1 heterocycles. The van der Waals surface area contributed by atoms with Gasteiger partial charge in [0, 0.05) is 19.1 Å². The Morgan fingerprint density at radius 1 is 1.40 bits per heavy atom. The van der Waals surface area contributed by atoms with Crippen molar-refractivity contribution >= 4 is 0 Å². The van der Waals surface area contributed by atoms with E-state index in [0.29, 0.717) is 0 Å². The Bertz CT molecular complexity index is 168. The minimum atomic E-state index is 0.729. The minimum Gasteiger partial charge on any atom is -0.313 e. The van der Waals surface area contributed by atoms with Gasteiger partial charge in [-0.25, -0.2) is 0 Å². The van der Waals surface area contributed by atoms with E-state index in [2.05, 4.69) is 38.0 Å². The first-order valence-electron chi connectivity index (χ1n) is 6.53. The first-order chi connectivity index (χ1) is 7.11. The van der Waals surface area contributed by atoms with E-state index in [-0.39, 0.29) is 0 Å². The first-order valence-corrected chi connectivity index (χ1v) is 6.53. The molecule has 90 valence electrons. The van der Waals surface area contributed by atoms with Crippen LogP contribution in [-0.4, -0.2) is 37.6 Å². The van der Waals surface area contributed by atoms with Gasteiger partial charge >= 0.3 is 0 Å². The molecular formula is C13H28N2. The molecule has 1 saturated heterocycles. The van der Waals surface area contributed by atoms with Crippen LogP contribution in [0.4, 0.5) is 0 Å². The van der Waals surface area contributed by atoms with E-state index in [1.807, 2.05) is 0 Å². The third-order valence-corrected chi connectivity index (χ3v) is 3.39. The minimum absolute atomic E-state index is 0.729. The van der Waals surface area contributed by atoms with Gasteiger partial charge < -0.3 is 10.2 Å². The molecule has 2 heteroatoms. The zero-order valence-electron chi connectivity index (χ0n) is 10.9. The molecule has 0 aromatic rings. The Kier molecular flexibility index (Phi) is 5.62. The highest BCUT2D eigenvalue weighted by molar-refractivity contribution is 4.79. The average molecular weight is 212 g/mol. The van der Waals surface area contributed by atoms with Crippen LogP contribution in [0.15, 0.2) is 0 Å². The maximum atomic E-state index is 3.65. The summed E-state index contributed by atoms with van der Waals surface area (Å²) in [5, 5.41) is 3.65. The van der Waals surface area contributed by atoms with Crippen LogP contribution in [-0.2, 0) is 0 Å². The van der Waals surface area contributed by atoms with Crippen LogP contribution in [0.3, 0.4) is 0 Å². The Hall–Kier alpha value is -0.0800. The van der Waals surface area contributed by atoms with Gasteiger partial charge in [0.05, 0.1) is 0 Å². The predicted molar refractivity (Wildman–Crippen MR) is 67.1 cm³/mol. The maximum Gasteiger partial charge on any atom is 0.0197 e. The van der Waals surface area contributed by atoms with Gasteiger partial charge in [-0.15, -0.1) is 0 Å². The molecule has 0 radical (unpaired) electrons. The molecular weight excluding hydrogens is 184 g/mol. The molecule has 0 amide bonds. The highest BCUT2D eigenvalue weighted by Crippen LogP contribution is 2.19. The molecule has 15 heavy (non-hydrogen) atoms. The summed E-state index contributed by atoms with van der Waals surface area (Å²) in [4.78, 5) is 2.47. The van der Waals surface area contributed by atoms with Gasteiger partial charge in [-0.3, -0.25) is 0 Å². The second-order valence-electron chi connectivity index (χ2n) is 5.56. The summed E-state index contributed by atoms with van der Waals surface area (Å²) in [6, 6.07) is 0.729. The van der Waals surface area contributed by atoms with Crippen molar-refractivity contribution in [2.75, 3.05) is 26.7 Å². The van der Waals surface area contributed by atoms with Crippen LogP contribution >= 0.6 is 0 Å². The summed E-state index contributed by atoms with van der Waals surface area (Å²) >= 11 is 0. The van der Waals surface area contributed by atoms with Crippen LogP contribution in [0.25, 0.3) is 0 Å². The lowest BCUT2D eigenvalue weighted by molar-refractivity contribution is 0.212. The Morgan fingerprint density at radius 3 is 2.73 bits per heavy atom. The lowest BCUT2D eigenvalue weighted by Crippen LogP contribution is -2.45. The molecule has 1 fully saturated rings. The van der Waals surface area contributed by atoms with E-state index in [1.165, 1.54) is 38.9 Å². The van der Waals surface area contributed by atoms with Gasteiger partial charge in [0.25, 0.3) is 0 Å². The lowest BCUT2D eigenvalue weighted by atomic mass is 9.90. The summed E-state index contributed by atoms with van der Waals surface area (Å²) in [5.41, 5.74) is 0. The summed E-state index contributed by atoms with van der Waals surface area (Å²) in [6.07, 6.45) is 4.10. The fourth-order valence-electron chi connectivity index (χ4n) is 2.68. The van der Waals surface area contributed by atoms with Crippen LogP contribution in [0, 0.1) is 11.8 Å². The molecule has 1 aliphatic rings. The second-order valence-corrected chi connectivity index (χ2v) is 5.56. The third kappa shape index (κ3) is 4.98. The zero-order valence-corrected chi connectivity index (χ0v) is 10.9. The molecule has 0 spiro atoms. The van der Waals surface area contributed by atoms with Crippen molar-refractivity contribution in [1.82, 2.24) is 10.2 Å². The van der Waals surface area contributed by atoms with Crippen molar-refractivity contribution in [3.05, 3.63) is 0 Å².